The molecular formula is C16H17FN2O. The molecule has 2 aromatic carbocycles. The summed E-state index contributed by atoms with van der Waals surface area (Å²) in [5, 5.41) is 2.65. The number of amides is 1. The van der Waals surface area contributed by atoms with E-state index in [9.17, 15) is 9.18 Å². The number of halogens is 1. The van der Waals surface area contributed by atoms with Crippen molar-refractivity contribution in [1.82, 2.24) is 0 Å². The number of rotatable bonds is 5. The van der Waals surface area contributed by atoms with Gasteiger partial charge in [0.25, 0.3) is 0 Å². The third-order valence-electron chi connectivity index (χ3n) is 2.92. The standard InChI is InChI=1S/C16H17FN2O/c17-13-9-14(18)11-15(10-13)19-16(20)8-4-7-12-5-2-1-3-6-12/h1-3,5-6,9-11H,4,7-8,18H2,(H,19,20). The molecule has 2 rings (SSSR count). The molecule has 0 spiro atoms. The minimum absolute atomic E-state index is 0.133. The van der Waals surface area contributed by atoms with Gasteiger partial charge in [0.15, 0.2) is 0 Å². The molecule has 2 aromatic rings. The maximum absolute atomic E-state index is 13.1. The van der Waals surface area contributed by atoms with Gasteiger partial charge in [0.1, 0.15) is 5.82 Å². The molecule has 0 saturated heterocycles. The zero-order valence-electron chi connectivity index (χ0n) is 11.1. The lowest BCUT2D eigenvalue weighted by atomic mass is 10.1. The van der Waals surface area contributed by atoms with Crippen LogP contribution in [-0.4, -0.2) is 5.91 Å². The molecule has 0 aliphatic heterocycles. The van der Waals surface area contributed by atoms with Crippen LogP contribution in [0, 0.1) is 5.82 Å². The van der Waals surface area contributed by atoms with Gasteiger partial charge in [-0.25, -0.2) is 4.39 Å². The van der Waals surface area contributed by atoms with Crippen molar-refractivity contribution in [1.29, 1.82) is 0 Å². The van der Waals surface area contributed by atoms with Gasteiger partial charge in [0.05, 0.1) is 0 Å². The van der Waals surface area contributed by atoms with E-state index in [4.69, 9.17) is 5.73 Å². The van der Waals surface area contributed by atoms with Crippen LogP contribution < -0.4 is 11.1 Å². The molecule has 0 unspecified atom stereocenters. The van der Waals surface area contributed by atoms with Crippen LogP contribution in [0.3, 0.4) is 0 Å². The topological polar surface area (TPSA) is 55.1 Å². The highest BCUT2D eigenvalue weighted by Gasteiger charge is 2.04. The van der Waals surface area contributed by atoms with Crippen LogP contribution in [0.2, 0.25) is 0 Å². The van der Waals surface area contributed by atoms with Crippen molar-refractivity contribution in [3.63, 3.8) is 0 Å². The van der Waals surface area contributed by atoms with E-state index >= 15 is 0 Å². The van der Waals surface area contributed by atoms with E-state index in [2.05, 4.69) is 5.32 Å². The Labute approximate surface area is 117 Å². The fourth-order valence-electron chi connectivity index (χ4n) is 2.01. The molecule has 0 aromatic heterocycles. The van der Waals surface area contributed by atoms with Gasteiger partial charge in [-0.3, -0.25) is 4.79 Å². The highest BCUT2D eigenvalue weighted by atomic mass is 19.1. The molecule has 3 nitrogen and oxygen atoms in total. The van der Waals surface area contributed by atoms with Gasteiger partial charge in [0, 0.05) is 17.8 Å². The molecule has 20 heavy (non-hydrogen) atoms. The molecular weight excluding hydrogens is 255 g/mol. The van der Waals surface area contributed by atoms with Gasteiger partial charge < -0.3 is 11.1 Å². The lowest BCUT2D eigenvalue weighted by molar-refractivity contribution is -0.116. The first-order valence-electron chi connectivity index (χ1n) is 6.53. The zero-order chi connectivity index (χ0) is 14.4. The van der Waals surface area contributed by atoms with E-state index in [0.717, 1.165) is 12.8 Å². The minimum Gasteiger partial charge on any atom is -0.399 e. The maximum Gasteiger partial charge on any atom is 0.224 e. The van der Waals surface area contributed by atoms with Gasteiger partial charge in [0.2, 0.25) is 5.91 Å². The summed E-state index contributed by atoms with van der Waals surface area (Å²) in [5.74, 6) is -0.587. The van der Waals surface area contributed by atoms with Crippen molar-refractivity contribution in [2.24, 2.45) is 0 Å². The van der Waals surface area contributed by atoms with E-state index in [1.807, 2.05) is 30.3 Å². The van der Waals surface area contributed by atoms with E-state index in [1.165, 1.54) is 23.8 Å². The molecule has 0 aliphatic carbocycles. The van der Waals surface area contributed by atoms with Crippen molar-refractivity contribution in [2.75, 3.05) is 11.1 Å². The van der Waals surface area contributed by atoms with Crippen molar-refractivity contribution in [3.05, 3.63) is 59.9 Å². The predicted octanol–water partition coefficient (Wildman–Crippen LogP) is 3.37. The predicted molar refractivity (Wildman–Crippen MR) is 78.8 cm³/mol. The van der Waals surface area contributed by atoms with Gasteiger partial charge in [-0.15, -0.1) is 0 Å². The number of hydrogen-bond donors (Lipinski definition) is 2. The quantitative estimate of drug-likeness (QED) is 0.820. The Morgan fingerprint density at radius 3 is 2.60 bits per heavy atom. The second-order valence-corrected chi connectivity index (χ2v) is 4.66. The second kappa shape index (κ2) is 6.70. The van der Waals surface area contributed by atoms with E-state index in [0.29, 0.717) is 17.8 Å². The van der Waals surface area contributed by atoms with Gasteiger partial charge in [-0.1, -0.05) is 30.3 Å². The molecule has 1 amide bonds. The molecule has 4 heteroatoms. The third kappa shape index (κ3) is 4.39. The Morgan fingerprint density at radius 1 is 1.15 bits per heavy atom. The Morgan fingerprint density at radius 2 is 1.90 bits per heavy atom. The fraction of sp³-hybridized carbons (Fsp3) is 0.188. The van der Waals surface area contributed by atoms with E-state index < -0.39 is 5.82 Å². The van der Waals surface area contributed by atoms with Gasteiger partial charge in [-0.05, 0) is 36.6 Å². The van der Waals surface area contributed by atoms with Crippen LogP contribution in [0.1, 0.15) is 18.4 Å². The second-order valence-electron chi connectivity index (χ2n) is 4.66. The summed E-state index contributed by atoms with van der Waals surface area (Å²) in [6.07, 6.45) is 1.99. The first-order valence-corrected chi connectivity index (χ1v) is 6.53. The number of carbonyl (C=O) groups excluding carboxylic acids is 1. The van der Waals surface area contributed by atoms with Gasteiger partial charge in [-0.2, -0.15) is 0 Å². The summed E-state index contributed by atoms with van der Waals surface area (Å²) < 4.78 is 13.1. The smallest absolute Gasteiger partial charge is 0.224 e. The van der Waals surface area contributed by atoms with Gasteiger partial charge >= 0.3 is 0 Å². The number of carbonyl (C=O) groups is 1. The Kier molecular flexibility index (Phi) is 4.71. The van der Waals surface area contributed by atoms with E-state index in [1.54, 1.807) is 0 Å². The molecule has 3 N–H and O–H groups in total. The van der Waals surface area contributed by atoms with Crippen LogP contribution in [0.25, 0.3) is 0 Å². The summed E-state index contributed by atoms with van der Waals surface area (Å²) in [7, 11) is 0. The van der Waals surface area contributed by atoms with Crippen LogP contribution in [0.4, 0.5) is 15.8 Å². The third-order valence-corrected chi connectivity index (χ3v) is 2.92. The van der Waals surface area contributed by atoms with Crippen molar-refractivity contribution in [3.8, 4) is 0 Å². The Bertz CT molecular complexity index is 564. The van der Waals surface area contributed by atoms with Crippen molar-refractivity contribution >= 4 is 17.3 Å². The maximum atomic E-state index is 13.1. The largest absolute Gasteiger partial charge is 0.399 e. The average molecular weight is 272 g/mol. The molecule has 0 bridgehead atoms. The Balaban J connectivity index is 1.81. The van der Waals surface area contributed by atoms with Crippen LogP contribution in [0.15, 0.2) is 48.5 Å². The normalized spacial score (nSPS) is 10.2. The average Bonchev–Trinajstić information content (AvgIpc) is 2.38. The molecule has 0 saturated carbocycles. The van der Waals surface area contributed by atoms with Crippen molar-refractivity contribution < 1.29 is 9.18 Å². The molecule has 0 aliphatic rings. The molecule has 0 radical (unpaired) electrons. The molecule has 0 atom stereocenters. The van der Waals surface area contributed by atoms with Crippen LogP contribution >= 0.6 is 0 Å². The van der Waals surface area contributed by atoms with Crippen LogP contribution in [0.5, 0.6) is 0 Å². The summed E-state index contributed by atoms with van der Waals surface area (Å²) in [6.45, 7) is 0. The molecule has 104 valence electrons. The first-order chi connectivity index (χ1) is 9.63. The number of nitrogens with two attached hydrogens (primary N) is 1. The summed E-state index contributed by atoms with van der Waals surface area (Å²) in [5.41, 5.74) is 7.42. The fourth-order valence-corrected chi connectivity index (χ4v) is 2.01. The monoisotopic (exact) mass is 272 g/mol. The number of aryl methyl sites for hydroxylation is 1. The molecule has 0 fully saturated rings. The van der Waals surface area contributed by atoms with Crippen molar-refractivity contribution in [2.45, 2.75) is 19.3 Å². The number of anilines is 2. The highest BCUT2D eigenvalue weighted by molar-refractivity contribution is 5.91. The summed E-state index contributed by atoms with van der Waals surface area (Å²) >= 11 is 0. The SMILES string of the molecule is Nc1cc(F)cc(NC(=O)CCCc2ccccc2)c1. The number of nitrogens with one attached hydrogen (secondary N) is 1. The van der Waals surface area contributed by atoms with E-state index in [-0.39, 0.29) is 5.91 Å². The number of benzene rings is 2. The number of hydrogen-bond acceptors (Lipinski definition) is 2. The summed E-state index contributed by atoms with van der Waals surface area (Å²) in [6, 6.07) is 14.0. The number of nitrogen functional groups attached to an aromatic ring is 1. The highest BCUT2D eigenvalue weighted by Crippen LogP contribution is 2.16. The Hall–Kier alpha value is -2.36. The minimum atomic E-state index is -0.454. The van der Waals surface area contributed by atoms with Crippen LogP contribution in [-0.2, 0) is 11.2 Å². The first kappa shape index (κ1) is 14.1. The molecule has 0 heterocycles. The lowest BCUT2D eigenvalue weighted by Gasteiger charge is -2.06. The summed E-state index contributed by atoms with van der Waals surface area (Å²) in [4.78, 5) is 11.8. The zero-order valence-corrected chi connectivity index (χ0v) is 11.1. The lowest BCUT2D eigenvalue weighted by Crippen LogP contribution is -2.12.